The number of pyridine rings is 1. The maximum Gasteiger partial charge on any atom is 0.303 e. The number of hydrogen-bond acceptors (Lipinski definition) is 7. The lowest BCUT2D eigenvalue weighted by Crippen LogP contribution is -2.13. The molecule has 0 radical (unpaired) electrons. The molecule has 0 aliphatic rings. The number of carbonyl (C=O) groups excluding carboxylic acids is 1. The van der Waals surface area contributed by atoms with Gasteiger partial charge in [-0.3, -0.25) is 4.79 Å². The quantitative estimate of drug-likeness (QED) is 0.710. The second-order valence-corrected chi connectivity index (χ2v) is 5.65. The lowest BCUT2D eigenvalue weighted by Gasteiger charge is -2.14. The predicted molar refractivity (Wildman–Crippen MR) is 94.4 cm³/mol. The maximum atomic E-state index is 13.5. The van der Waals surface area contributed by atoms with E-state index in [1.807, 2.05) is 0 Å². The second-order valence-electron chi connectivity index (χ2n) is 5.65. The second kappa shape index (κ2) is 7.36. The number of hydrogen-bond donors (Lipinski definition) is 2. The third kappa shape index (κ3) is 4.54. The highest BCUT2D eigenvalue weighted by Crippen LogP contribution is 2.30. The van der Waals surface area contributed by atoms with Crippen molar-refractivity contribution in [3.63, 3.8) is 0 Å². The summed E-state index contributed by atoms with van der Waals surface area (Å²) in [5.41, 5.74) is 0.942. The summed E-state index contributed by atoms with van der Waals surface area (Å²) in [7, 11) is 0. The van der Waals surface area contributed by atoms with E-state index in [1.165, 1.54) is 25.4 Å². The third-order valence-electron chi connectivity index (χ3n) is 3.33. The molecule has 1 amide bonds. The Morgan fingerprint density at radius 3 is 2.48 bits per heavy atom. The third-order valence-corrected chi connectivity index (χ3v) is 3.33. The van der Waals surface area contributed by atoms with Gasteiger partial charge in [-0.05, 0) is 12.1 Å². The Morgan fingerprint density at radius 1 is 1.07 bits per heavy atom. The summed E-state index contributed by atoms with van der Waals surface area (Å²) in [6.45, 7) is 2.07. The van der Waals surface area contributed by atoms with E-state index in [-0.39, 0.29) is 17.5 Å². The Hall–Kier alpha value is -3.56. The van der Waals surface area contributed by atoms with Crippen LogP contribution in [0, 0.1) is 0 Å². The van der Waals surface area contributed by atoms with Gasteiger partial charge in [0.05, 0.1) is 11.3 Å². The highest BCUT2D eigenvalue weighted by Gasteiger charge is 2.28. The fourth-order valence-electron chi connectivity index (χ4n) is 2.20. The van der Waals surface area contributed by atoms with E-state index in [9.17, 15) is 13.6 Å². The SMILES string of the molecule is CC(=O)Nc1cc(Nc2ccnc(C(C)(F)F)n2)c(-c2ncccn2)cn1. The molecule has 0 spiro atoms. The van der Waals surface area contributed by atoms with Crippen molar-refractivity contribution in [2.75, 3.05) is 10.6 Å². The van der Waals surface area contributed by atoms with Gasteiger partial charge < -0.3 is 10.6 Å². The maximum absolute atomic E-state index is 13.5. The van der Waals surface area contributed by atoms with Crippen LogP contribution < -0.4 is 10.6 Å². The first-order chi connectivity index (χ1) is 12.8. The van der Waals surface area contributed by atoms with E-state index < -0.39 is 11.7 Å². The van der Waals surface area contributed by atoms with E-state index >= 15 is 0 Å². The van der Waals surface area contributed by atoms with Crippen LogP contribution in [0.25, 0.3) is 11.4 Å². The smallest absolute Gasteiger partial charge is 0.303 e. The number of halogens is 2. The van der Waals surface area contributed by atoms with Gasteiger partial charge in [0.25, 0.3) is 0 Å². The lowest BCUT2D eigenvalue weighted by molar-refractivity contribution is -0.114. The monoisotopic (exact) mass is 371 g/mol. The van der Waals surface area contributed by atoms with Gasteiger partial charge in [-0.1, -0.05) is 0 Å². The molecular weight excluding hydrogens is 356 g/mol. The molecule has 0 saturated carbocycles. The molecule has 27 heavy (non-hydrogen) atoms. The molecule has 0 bridgehead atoms. The van der Waals surface area contributed by atoms with Crippen LogP contribution in [0.2, 0.25) is 0 Å². The van der Waals surface area contributed by atoms with Gasteiger partial charge in [-0.2, -0.15) is 8.78 Å². The van der Waals surface area contributed by atoms with Crippen LogP contribution in [0.3, 0.4) is 0 Å². The summed E-state index contributed by atoms with van der Waals surface area (Å²) in [5, 5.41) is 5.50. The normalized spacial score (nSPS) is 11.1. The number of anilines is 3. The Morgan fingerprint density at radius 2 is 1.81 bits per heavy atom. The standard InChI is InChI=1S/C17H15F2N7O/c1-10(27)24-14-8-12(11(9-23-14)15-20-5-3-6-21-15)25-13-4-7-22-16(26-13)17(2,18)19/h3-9H,1-2H3,(H2,22,23,24,25,26,27). The zero-order chi connectivity index (χ0) is 19.4. The average Bonchev–Trinajstić information content (AvgIpc) is 2.62. The molecule has 0 aliphatic carbocycles. The van der Waals surface area contributed by atoms with Crippen LogP contribution in [0.1, 0.15) is 19.7 Å². The largest absolute Gasteiger partial charge is 0.339 e. The Bertz CT molecular complexity index is 961. The van der Waals surface area contributed by atoms with Crippen LogP contribution in [0.4, 0.5) is 26.1 Å². The molecule has 3 rings (SSSR count). The molecule has 8 nitrogen and oxygen atoms in total. The van der Waals surface area contributed by atoms with Crippen molar-refractivity contribution in [2.24, 2.45) is 0 Å². The van der Waals surface area contributed by atoms with Crippen molar-refractivity contribution in [3.8, 4) is 11.4 Å². The van der Waals surface area contributed by atoms with Crippen LogP contribution in [-0.2, 0) is 10.7 Å². The highest BCUT2D eigenvalue weighted by molar-refractivity contribution is 5.89. The van der Waals surface area contributed by atoms with Gasteiger partial charge >= 0.3 is 5.92 Å². The van der Waals surface area contributed by atoms with Gasteiger partial charge in [0.2, 0.25) is 11.7 Å². The Balaban J connectivity index is 2.03. The van der Waals surface area contributed by atoms with Gasteiger partial charge in [-0.25, -0.2) is 24.9 Å². The summed E-state index contributed by atoms with van der Waals surface area (Å²) in [5.74, 6) is -3.29. The van der Waals surface area contributed by atoms with Gasteiger partial charge in [0.1, 0.15) is 11.6 Å². The van der Waals surface area contributed by atoms with Crippen LogP contribution in [-0.4, -0.2) is 30.8 Å². The number of nitrogens with one attached hydrogen (secondary N) is 2. The van der Waals surface area contributed by atoms with Gasteiger partial charge in [0.15, 0.2) is 5.82 Å². The van der Waals surface area contributed by atoms with Gasteiger partial charge in [-0.15, -0.1) is 0 Å². The van der Waals surface area contributed by atoms with Crippen molar-refractivity contribution >= 4 is 23.2 Å². The number of amides is 1. The van der Waals surface area contributed by atoms with Crippen LogP contribution >= 0.6 is 0 Å². The fourth-order valence-corrected chi connectivity index (χ4v) is 2.20. The minimum absolute atomic E-state index is 0.152. The van der Waals surface area contributed by atoms with Crippen molar-refractivity contribution in [2.45, 2.75) is 19.8 Å². The Labute approximate surface area is 153 Å². The molecule has 3 aromatic rings. The van der Waals surface area contributed by atoms with E-state index in [2.05, 4.69) is 35.6 Å². The summed E-state index contributed by atoms with van der Waals surface area (Å²) in [4.78, 5) is 31.2. The molecular formula is C17H15F2N7O. The fraction of sp³-hybridized carbons (Fsp3) is 0.176. The molecule has 0 aromatic carbocycles. The first kappa shape index (κ1) is 18.2. The molecule has 0 saturated heterocycles. The molecule has 0 aliphatic heterocycles. The molecule has 10 heteroatoms. The Kier molecular flexibility index (Phi) is 4.97. The number of alkyl halides is 2. The van der Waals surface area contributed by atoms with E-state index in [1.54, 1.807) is 24.5 Å². The zero-order valence-electron chi connectivity index (χ0n) is 14.4. The summed E-state index contributed by atoms with van der Waals surface area (Å²) < 4.78 is 27.0. The van der Waals surface area contributed by atoms with Crippen molar-refractivity contribution in [3.05, 3.63) is 48.8 Å². The van der Waals surface area contributed by atoms with Crippen molar-refractivity contribution < 1.29 is 13.6 Å². The zero-order valence-corrected chi connectivity index (χ0v) is 14.4. The molecule has 0 atom stereocenters. The molecule has 0 unspecified atom stereocenters. The molecule has 138 valence electrons. The number of aromatic nitrogens is 5. The number of nitrogens with zero attached hydrogens (tertiary/aromatic N) is 5. The van der Waals surface area contributed by atoms with Crippen LogP contribution in [0.5, 0.6) is 0 Å². The number of carbonyl (C=O) groups is 1. The minimum atomic E-state index is -3.18. The lowest BCUT2D eigenvalue weighted by atomic mass is 10.2. The average molecular weight is 371 g/mol. The van der Waals surface area contributed by atoms with E-state index in [0.717, 1.165) is 6.92 Å². The first-order valence-corrected chi connectivity index (χ1v) is 7.86. The summed E-state index contributed by atoms with van der Waals surface area (Å²) in [6.07, 6.45) is 5.83. The highest BCUT2D eigenvalue weighted by atomic mass is 19.3. The summed E-state index contributed by atoms with van der Waals surface area (Å²) in [6, 6.07) is 4.65. The molecule has 3 aromatic heterocycles. The predicted octanol–water partition coefficient (Wildman–Crippen LogP) is 3.14. The van der Waals surface area contributed by atoms with Crippen LogP contribution in [0.15, 0.2) is 43.0 Å². The summed E-state index contributed by atoms with van der Waals surface area (Å²) >= 11 is 0. The van der Waals surface area contributed by atoms with Crippen molar-refractivity contribution in [1.29, 1.82) is 0 Å². The molecule has 2 N–H and O–H groups in total. The van der Waals surface area contributed by atoms with Gasteiger partial charge in [0, 0.05) is 44.7 Å². The first-order valence-electron chi connectivity index (χ1n) is 7.86. The van der Waals surface area contributed by atoms with E-state index in [0.29, 0.717) is 17.1 Å². The minimum Gasteiger partial charge on any atom is -0.339 e. The molecule has 0 fully saturated rings. The topological polar surface area (TPSA) is 106 Å². The number of rotatable bonds is 5. The van der Waals surface area contributed by atoms with E-state index in [4.69, 9.17) is 0 Å². The molecule has 3 heterocycles. The van der Waals surface area contributed by atoms with Crippen molar-refractivity contribution in [1.82, 2.24) is 24.9 Å².